The summed E-state index contributed by atoms with van der Waals surface area (Å²) in [5, 5.41) is 3.28. The molecule has 0 radical (unpaired) electrons. The molecule has 0 bridgehead atoms. The number of benzene rings is 2. The molecule has 2 heterocycles. The van der Waals surface area contributed by atoms with Crippen LogP contribution in [0.2, 0.25) is 5.02 Å². The molecule has 1 amide bonds. The van der Waals surface area contributed by atoms with Gasteiger partial charge in [0.1, 0.15) is 0 Å². The number of halogens is 1. The van der Waals surface area contributed by atoms with E-state index in [-0.39, 0.29) is 27.8 Å². The number of carbonyl (C=O) groups is 1. The van der Waals surface area contributed by atoms with Gasteiger partial charge in [-0.3, -0.25) is 4.79 Å². The highest BCUT2D eigenvalue weighted by molar-refractivity contribution is 7.98. The molecule has 1 N–H and O–H groups in total. The Morgan fingerprint density at radius 2 is 1.77 bits per heavy atom. The van der Waals surface area contributed by atoms with Gasteiger partial charge in [0, 0.05) is 24.5 Å². The zero-order valence-electron chi connectivity index (χ0n) is 19.2. The van der Waals surface area contributed by atoms with Crippen LogP contribution < -0.4 is 5.32 Å². The number of anilines is 1. The van der Waals surface area contributed by atoms with Crippen molar-refractivity contribution in [3.63, 3.8) is 0 Å². The highest BCUT2D eigenvalue weighted by Gasteiger charge is 2.32. The number of hydrogen-bond acceptors (Lipinski definition) is 7. The van der Waals surface area contributed by atoms with Crippen molar-refractivity contribution in [2.45, 2.75) is 41.9 Å². The largest absolute Gasteiger partial charge is 0.373 e. The number of ether oxygens (including phenoxy) is 1. The molecule has 0 unspecified atom stereocenters. The van der Waals surface area contributed by atoms with E-state index in [9.17, 15) is 13.2 Å². The van der Waals surface area contributed by atoms with Crippen molar-refractivity contribution < 1.29 is 17.9 Å². The Bertz CT molecular complexity index is 1280. The average molecular weight is 533 g/mol. The summed E-state index contributed by atoms with van der Waals surface area (Å²) in [5.74, 6) is 0.144. The van der Waals surface area contributed by atoms with Gasteiger partial charge in [-0.25, -0.2) is 18.4 Å². The van der Waals surface area contributed by atoms with E-state index >= 15 is 0 Å². The van der Waals surface area contributed by atoms with E-state index in [0.717, 1.165) is 5.56 Å². The normalized spacial score (nSPS) is 18.8. The van der Waals surface area contributed by atoms with Crippen molar-refractivity contribution in [1.29, 1.82) is 0 Å². The van der Waals surface area contributed by atoms with Crippen LogP contribution in [0, 0.1) is 0 Å². The third kappa shape index (κ3) is 6.39. The highest BCUT2D eigenvalue weighted by Crippen LogP contribution is 2.25. The van der Waals surface area contributed by atoms with E-state index in [1.165, 1.54) is 46.5 Å². The van der Waals surface area contributed by atoms with E-state index in [1.807, 2.05) is 44.2 Å². The van der Waals surface area contributed by atoms with Gasteiger partial charge >= 0.3 is 0 Å². The molecule has 0 spiro atoms. The van der Waals surface area contributed by atoms with Gasteiger partial charge in [0.2, 0.25) is 10.0 Å². The molecular weight excluding hydrogens is 508 g/mol. The molecule has 4 rings (SSSR count). The molecule has 11 heteroatoms. The Kier molecular flexibility index (Phi) is 8.08. The van der Waals surface area contributed by atoms with Crippen molar-refractivity contribution >= 4 is 45.0 Å². The van der Waals surface area contributed by atoms with Crippen LogP contribution in [-0.4, -0.2) is 53.9 Å². The molecule has 2 atom stereocenters. The zero-order valence-corrected chi connectivity index (χ0v) is 21.6. The Hall–Kier alpha value is -2.50. The van der Waals surface area contributed by atoms with Crippen molar-refractivity contribution in [3.8, 4) is 0 Å². The van der Waals surface area contributed by atoms with Crippen molar-refractivity contribution in [2.75, 3.05) is 18.4 Å². The number of rotatable bonds is 7. The molecule has 1 saturated heterocycles. The maximum absolute atomic E-state index is 13.0. The molecule has 8 nitrogen and oxygen atoms in total. The fraction of sp³-hybridized carbons (Fsp3) is 0.292. The van der Waals surface area contributed by atoms with Gasteiger partial charge in [-0.2, -0.15) is 4.31 Å². The summed E-state index contributed by atoms with van der Waals surface area (Å²) < 4.78 is 33.1. The van der Waals surface area contributed by atoms with E-state index < -0.39 is 15.9 Å². The third-order valence-electron chi connectivity index (χ3n) is 5.28. The average Bonchev–Trinajstić information content (AvgIpc) is 2.84. The lowest BCUT2D eigenvalue weighted by Gasteiger charge is -2.34. The highest BCUT2D eigenvalue weighted by atomic mass is 35.5. The SMILES string of the molecule is C[C@@H]1CN(S(=O)(=O)c2ccc(NC(=O)c3nc(SCc4ccccc4)ncc3Cl)cc2)C[C@@H](C)O1. The number of morpholine rings is 1. The minimum absolute atomic E-state index is 0.0465. The van der Waals surface area contributed by atoms with Crippen molar-refractivity contribution in [1.82, 2.24) is 14.3 Å². The van der Waals surface area contributed by atoms with Gasteiger partial charge < -0.3 is 10.1 Å². The first-order valence-corrected chi connectivity index (χ1v) is 13.8. The minimum Gasteiger partial charge on any atom is -0.373 e. The van der Waals surface area contributed by atoms with Gasteiger partial charge in [-0.1, -0.05) is 53.7 Å². The van der Waals surface area contributed by atoms with Gasteiger partial charge in [-0.05, 0) is 43.7 Å². The van der Waals surface area contributed by atoms with E-state index in [4.69, 9.17) is 16.3 Å². The van der Waals surface area contributed by atoms with E-state index in [0.29, 0.717) is 29.7 Å². The minimum atomic E-state index is -3.67. The first-order chi connectivity index (χ1) is 16.7. The van der Waals surface area contributed by atoms with E-state index in [1.54, 1.807) is 0 Å². The Morgan fingerprint density at radius 1 is 1.11 bits per heavy atom. The first kappa shape index (κ1) is 25.6. The predicted octanol–water partition coefficient (Wildman–Crippen LogP) is 4.47. The van der Waals surface area contributed by atoms with Gasteiger partial charge in [-0.15, -0.1) is 0 Å². The quantitative estimate of drug-likeness (QED) is 0.354. The number of nitrogens with zero attached hydrogens (tertiary/aromatic N) is 3. The number of thioether (sulfide) groups is 1. The number of carbonyl (C=O) groups excluding carboxylic acids is 1. The lowest BCUT2D eigenvalue weighted by molar-refractivity contribution is -0.0440. The van der Waals surface area contributed by atoms with Crippen LogP contribution in [0.3, 0.4) is 0 Å². The maximum atomic E-state index is 13.0. The monoisotopic (exact) mass is 532 g/mol. The number of nitrogens with one attached hydrogen (secondary N) is 1. The van der Waals surface area contributed by atoms with Gasteiger partial charge in [0.15, 0.2) is 10.9 Å². The number of hydrogen-bond donors (Lipinski definition) is 1. The summed E-state index contributed by atoms with van der Waals surface area (Å²) in [7, 11) is -3.67. The zero-order chi connectivity index (χ0) is 25.0. The van der Waals surface area contributed by atoms with Gasteiger partial charge in [0.05, 0.1) is 28.3 Å². The van der Waals surface area contributed by atoms with E-state index in [2.05, 4.69) is 15.3 Å². The summed E-state index contributed by atoms with van der Waals surface area (Å²) in [6, 6.07) is 15.9. The lowest BCUT2D eigenvalue weighted by Crippen LogP contribution is -2.48. The summed E-state index contributed by atoms with van der Waals surface area (Å²) in [5.41, 5.74) is 1.58. The summed E-state index contributed by atoms with van der Waals surface area (Å²) in [6.45, 7) is 4.28. The Labute approximate surface area is 214 Å². The van der Waals surface area contributed by atoms with Crippen LogP contribution in [0.15, 0.2) is 70.8 Å². The molecule has 2 aromatic carbocycles. The van der Waals surface area contributed by atoms with Crippen LogP contribution in [0.5, 0.6) is 0 Å². The number of sulfonamides is 1. The standard InChI is InChI=1S/C24H25ClN4O4S2/c1-16-13-29(14-17(2)33-16)35(31,32)20-10-8-19(9-11-20)27-23(30)22-21(25)12-26-24(28-22)34-15-18-6-4-3-5-7-18/h3-12,16-17H,13-15H2,1-2H3,(H,27,30)/t16-,17-/m1/s1. The van der Waals surface area contributed by atoms with Crippen LogP contribution >= 0.6 is 23.4 Å². The smallest absolute Gasteiger partial charge is 0.275 e. The molecule has 1 fully saturated rings. The fourth-order valence-electron chi connectivity index (χ4n) is 3.68. The first-order valence-electron chi connectivity index (χ1n) is 11.0. The summed E-state index contributed by atoms with van der Waals surface area (Å²) in [6.07, 6.45) is 1.04. The molecule has 184 valence electrons. The van der Waals surface area contributed by atoms with Crippen LogP contribution in [0.25, 0.3) is 0 Å². The molecule has 0 saturated carbocycles. The second-order valence-electron chi connectivity index (χ2n) is 8.18. The van der Waals surface area contributed by atoms with Crippen LogP contribution in [-0.2, 0) is 20.5 Å². The molecular formula is C24H25ClN4O4S2. The maximum Gasteiger partial charge on any atom is 0.275 e. The van der Waals surface area contributed by atoms with Crippen molar-refractivity contribution in [2.24, 2.45) is 0 Å². The van der Waals surface area contributed by atoms with Crippen LogP contribution in [0.4, 0.5) is 5.69 Å². The van der Waals surface area contributed by atoms with Crippen molar-refractivity contribution in [3.05, 3.63) is 77.1 Å². The number of amides is 1. The molecule has 1 aliphatic rings. The molecule has 0 aliphatic carbocycles. The Balaban J connectivity index is 1.43. The second kappa shape index (κ2) is 11.0. The topological polar surface area (TPSA) is 101 Å². The molecule has 1 aliphatic heterocycles. The third-order valence-corrected chi connectivity index (χ3v) is 8.34. The second-order valence-corrected chi connectivity index (χ2v) is 11.5. The molecule has 35 heavy (non-hydrogen) atoms. The fourth-order valence-corrected chi connectivity index (χ4v) is 6.22. The Morgan fingerprint density at radius 3 is 2.43 bits per heavy atom. The van der Waals surface area contributed by atoms with Crippen LogP contribution in [0.1, 0.15) is 29.9 Å². The predicted molar refractivity (Wildman–Crippen MR) is 136 cm³/mol. The summed E-state index contributed by atoms with van der Waals surface area (Å²) in [4.78, 5) is 21.5. The lowest BCUT2D eigenvalue weighted by atomic mass is 10.2. The van der Waals surface area contributed by atoms with Gasteiger partial charge in [0.25, 0.3) is 5.91 Å². The molecule has 3 aromatic rings. The molecule has 1 aromatic heterocycles. The summed E-state index contributed by atoms with van der Waals surface area (Å²) >= 11 is 7.58. The number of aromatic nitrogens is 2.